The predicted molar refractivity (Wildman–Crippen MR) is 87.6 cm³/mol. The second kappa shape index (κ2) is 6.66. The summed E-state index contributed by atoms with van der Waals surface area (Å²) < 4.78 is 23.2. The van der Waals surface area contributed by atoms with E-state index >= 15 is 0 Å². The van der Waals surface area contributed by atoms with Gasteiger partial charge in [0.1, 0.15) is 0 Å². The Kier molecular flexibility index (Phi) is 5.27. The SMILES string of the molecule is CC(C)(CO)[C@@H](c1ccc(S(C)(=O)=O)cc1)N1CCNCC1. The first kappa shape index (κ1) is 17.4. The van der Waals surface area contributed by atoms with Crippen molar-refractivity contribution in [3.05, 3.63) is 29.8 Å². The fraction of sp³-hybridized carbons (Fsp3) is 0.625. The number of sulfone groups is 1. The molecule has 1 fully saturated rings. The van der Waals surface area contributed by atoms with Gasteiger partial charge in [0.2, 0.25) is 0 Å². The molecule has 1 aromatic rings. The van der Waals surface area contributed by atoms with Crippen LogP contribution in [0.5, 0.6) is 0 Å². The zero-order chi connectivity index (χ0) is 16.4. The fourth-order valence-electron chi connectivity index (χ4n) is 3.08. The van der Waals surface area contributed by atoms with Crippen molar-refractivity contribution in [1.82, 2.24) is 10.2 Å². The molecule has 0 amide bonds. The molecule has 6 heteroatoms. The highest BCUT2D eigenvalue weighted by Crippen LogP contribution is 2.38. The van der Waals surface area contributed by atoms with Crippen LogP contribution in [0.15, 0.2) is 29.2 Å². The van der Waals surface area contributed by atoms with Crippen molar-refractivity contribution in [2.75, 3.05) is 39.0 Å². The molecule has 0 radical (unpaired) electrons. The lowest BCUT2D eigenvalue weighted by Gasteiger charge is -2.43. The van der Waals surface area contributed by atoms with Crippen LogP contribution in [0.1, 0.15) is 25.5 Å². The van der Waals surface area contributed by atoms with Crippen LogP contribution in [0, 0.1) is 5.41 Å². The van der Waals surface area contributed by atoms with E-state index in [2.05, 4.69) is 10.2 Å². The van der Waals surface area contributed by atoms with Gasteiger partial charge in [0.25, 0.3) is 0 Å². The molecule has 5 nitrogen and oxygen atoms in total. The molecule has 0 spiro atoms. The Morgan fingerprint density at radius 2 is 1.77 bits per heavy atom. The monoisotopic (exact) mass is 326 g/mol. The third-order valence-electron chi connectivity index (χ3n) is 4.29. The van der Waals surface area contributed by atoms with Crippen molar-refractivity contribution in [2.24, 2.45) is 5.41 Å². The van der Waals surface area contributed by atoms with Gasteiger partial charge in [-0.25, -0.2) is 8.42 Å². The minimum absolute atomic E-state index is 0.0632. The second-order valence-electron chi connectivity index (χ2n) is 6.68. The Morgan fingerprint density at radius 3 is 2.23 bits per heavy atom. The van der Waals surface area contributed by atoms with Gasteiger partial charge in [-0.3, -0.25) is 4.90 Å². The van der Waals surface area contributed by atoms with Gasteiger partial charge in [0, 0.05) is 50.5 Å². The van der Waals surface area contributed by atoms with Crippen LogP contribution in [0.3, 0.4) is 0 Å². The van der Waals surface area contributed by atoms with E-state index in [1.54, 1.807) is 12.1 Å². The summed E-state index contributed by atoms with van der Waals surface area (Å²) in [4.78, 5) is 2.69. The van der Waals surface area contributed by atoms with Gasteiger partial charge >= 0.3 is 0 Å². The first-order valence-electron chi connectivity index (χ1n) is 7.61. The van der Waals surface area contributed by atoms with Gasteiger partial charge in [-0.05, 0) is 17.7 Å². The van der Waals surface area contributed by atoms with E-state index in [1.807, 2.05) is 26.0 Å². The normalized spacial score (nSPS) is 19.1. The highest BCUT2D eigenvalue weighted by atomic mass is 32.2. The first-order chi connectivity index (χ1) is 10.3. The van der Waals surface area contributed by atoms with E-state index < -0.39 is 9.84 Å². The number of aliphatic hydroxyl groups excluding tert-OH is 1. The molecule has 1 aromatic carbocycles. The molecular weight excluding hydrogens is 300 g/mol. The smallest absolute Gasteiger partial charge is 0.175 e. The van der Waals surface area contributed by atoms with Crippen molar-refractivity contribution < 1.29 is 13.5 Å². The van der Waals surface area contributed by atoms with E-state index in [0.29, 0.717) is 4.90 Å². The number of benzene rings is 1. The summed E-state index contributed by atoms with van der Waals surface area (Å²) in [6.45, 7) is 7.87. The van der Waals surface area contributed by atoms with Crippen LogP contribution in [0.2, 0.25) is 0 Å². The maximum atomic E-state index is 11.6. The summed E-state index contributed by atoms with van der Waals surface area (Å²) in [5.41, 5.74) is 0.748. The Balaban J connectivity index is 2.36. The Morgan fingerprint density at radius 1 is 1.23 bits per heavy atom. The van der Waals surface area contributed by atoms with Crippen molar-refractivity contribution in [3.63, 3.8) is 0 Å². The van der Waals surface area contributed by atoms with Crippen LogP contribution in [0.4, 0.5) is 0 Å². The number of piperazine rings is 1. The molecular formula is C16H26N2O3S. The van der Waals surface area contributed by atoms with Crippen LogP contribution in [-0.4, -0.2) is 57.5 Å². The average Bonchev–Trinajstić information content (AvgIpc) is 2.48. The summed E-state index contributed by atoms with van der Waals surface area (Å²) in [6.07, 6.45) is 1.22. The fourth-order valence-corrected chi connectivity index (χ4v) is 3.71. The number of nitrogens with one attached hydrogen (secondary N) is 1. The molecule has 2 rings (SSSR count). The summed E-state index contributed by atoms with van der Waals surface area (Å²) in [6, 6.07) is 7.13. The molecule has 22 heavy (non-hydrogen) atoms. The maximum absolute atomic E-state index is 11.6. The molecule has 0 bridgehead atoms. The Labute approximate surface area is 133 Å². The third kappa shape index (κ3) is 3.87. The minimum atomic E-state index is -3.18. The van der Waals surface area contributed by atoms with E-state index in [0.717, 1.165) is 31.7 Å². The molecule has 0 aliphatic carbocycles. The highest BCUT2D eigenvalue weighted by molar-refractivity contribution is 7.90. The van der Waals surface area contributed by atoms with E-state index in [9.17, 15) is 13.5 Å². The lowest BCUT2D eigenvalue weighted by atomic mass is 9.80. The quantitative estimate of drug-likeness (QED) is 0.847. The third-order valence-corrected chi connectivity index (χ3v) is 5.42. The summed E-state index contributed by atoms with van der Waals surface area (Å²) in [5, 5.41) is 13.1. The molecule has 1 aliphatic rings. The highest BCUT2D eigenvalue weighted by Gasteiger charge is 2.35. The molecule has 2 N–H and O–H groups in total. The van der Waals surface area contributed by atoms with E-state index in [-0.39, 0.29) is 18.1 Å². The van der Waals surface area contributed by atoms with Gasteiger partial charge in [-0.2, -0.15) is 0 Å². The van der Waals surface area contributed by atoms with Gasteiger partial charge < -0.3 is 10.4 Å². The van der Waals surface area contributed by atoms with Crippen molar-refractivity contribution in [2.45, 2.75) is 24.8 Å². The molecule has 1 heterocycles. The van der Waals surface area contributed by atoms with Gasteiger partial charge in [0.05, 0.1) is 4.90 Å². The molecule has 0 unspecified atom stereocenters. The summed E-state index contributed by atoms with van der Waals surface area (Å²) >= 11 is 0. The lowest BCUT2D eigenvalue weighted by molar-refractivity contribution is 0.0305. The number of rotatable bonds is 5. The molecule has 0 aromatic heterocycles. The minimum Gasteiger partial charge on any atom is -0.396 e. The summed E-state index contributed by atoms with van der Waals surface area (Å²) in [5.74, 6) is 0. The molecule has 0 saturated carbocycles. The zero-order valence-corrected chi connectivity index (χ0v) is 14.4. The number of hydrogen-bond acceptors (Lipinski definition) is 5. The lowest BCUT2D eigenvalue weighted by Crippen LogP contribution is -2.49. The molecule has 1 atom stereocenters. The number of hydrogen-bond donors (Lipinski definition) is 2. The number of nitrogens with zero attached hydrogens (tertiary/aromatic N) is 1. The van der Waals surface area contributed by atoms with E-state index in [4.69, 9.17) is 0 Å². The zero-order valence-electron chi connectivity index (χ0n) is 13.5. The number of aliphatic hydroxyl groups is 1. The van der Waals surface area contributed by atoms with Gasteiger partial charge in [-0.15, -0.1) is 0 Å². The van der Waals surface area contributed by atoms with Crippen molar-refractivity contribution in [1.29, 1.82) is 0 Å². The van der Waals surface area contributed by atoms with Crippen LogP contribution >= 0.6 is 0 Å². The van der Waals surface area contributed by atoms with Gasteiger partial charge in [-0.1, -0.05) is 26.0 Å². The topological polar surface area (TPSA) is 69.6 Å². The molecule has 1 saturated heterocycles. The second-order valence-corrected chi connectivity index (χ2v) is 8.69. The Hall–Kier alpha value is -0.950. The summed E-state index contributed by atoms with van der Waals surface area (Å²) in [7, 11) is -3.18. The Bertz CT molecular complexity index is 590. The van der Waals surface area contributed by atoms with Crippen LogP contribution < -0.4 is 5.32 Å². The van der Waals surface area contributed by atoms with Crippen LogP contribution in [0.25, 0.3) is 0 Å². The molecule has 1 aliphatic heterocycles. The van der Waals surface area contributed by atoms with Crippen molar-refractivity contribution >= 4 is 9.84 Å². The van der Waals surface area contributed by atoms with E-state index in [1.165, 1.54) is 6.26 Å². The first-order valence-corrected chi connectivity index (χ1v) is 9.50. The average molecular weight is 326 g/mol. The standard InChI is InChI=1S/C16H26N2O3S/c1-16(2,12-19)15(18-10-8-17-9-11-18)13-4-6-14(7-5-13)22(3,20)21/h4-7,15,17,19H,8-12H2,1-3H3/t15-/m1/s1. The predicted octanol–water partition coefficient (Wildman–Crippen LogP) is 1.05. The van der Waals surface area contributed by atoms with Crippen molar-refractivity contribution in [3.8, 4) is 0 Å². The molecule has 124 valence electrons. The van der Waals surface area contributed by atoms with Gasteiger partial charge in [0.15, 0.2) is 9.84 Å². The largest absolute Gasteiger partial charge is 0.396 e. The maximum Gasteiger partial charge on any atom is 0.175 e. The van der Waals surface area contributed by atoms with Crippen LogP contribution in [-0.2, 0) is 9.84 Å².